The van der Waals surface area contributed by atoms with Crippen LogP contribution in [0.4, 0.5) is 4.39 Å². The maximum Gasteiger partial charge on any atom is 0.163 e. The number of benzene rings is 1. The summed E-state index contributed by atoms with van der Waals surface area (Å²) in [4.78, 5) is 21.4. The number of nitrogens with one attached hydrogen (secondary N) is 1. The van der Waals surface area contributed by atoms with E-state index in [1.54, 1.807) is 18.3 Å². The number of halogens is 1. The lowest BCUT2D eigenvalue weighted by molar-refractivity contribution is -0.116. The second-order valence-electron chi connectivity index (χ2n) is 5.56. The number of thiazole rings is 1. The highest BCUT2D eigenvalue weighted by molar-refractivity contribution is 7.11. The molecule has 2 heterocycles. The van der Waals surface area contributed by atoms with Crippen LogP contribution in [0.15, 0.2) is 52.1 Å². The van der Waals surface area contributed by atoms with E-state index in [1.165, 1.54) is 23.5 Å². The largest absolute Gasteiger partial charge is 0.341 e. The number of aromatic nitrogens is 1. The summed E-state index contributed by atoms with van der Waals surface area (Å²) in [6, 6.07) is 5.81. The van der Waals surface area contributed by atoms with E-state index in [2.05, 4.69) is 10.3 Å². The van der Waals surface area contributed by atoms with Crippen LogP contribution in [0.5, 0.6) is 0 Å². The molecule has 4 nitrogen and oxygen atoms in total. The fourth-order valence-corrected chi connectivity index (χ4v) is 3.60. The molecule has 1 N–H and O–H groups in total. The van der Waals surface area contributed by atoms with Crippen LogP contribution in [0.2, 0.25) is 0 Å². The van der Waals surface area contributed by atoms with Crippen LogP contribution in [0.1, 0.15) is 35.9 Å². The Morgan fingerprint density at radius 3 is 2.78 bits per heavy atom. The zero-order valence-electron chi connectivity index (χ0n) is 12.3. The molecule has 2 aliphatic rings. The number of hydrogen-bond donors (Lipinski definition) is 1. The number of amidine groups is 1. The van der Waals surface area contributed by atoms with Crippen molar-refractivity contribution in [3.8, 4) is 0 Å². The van der Waals surface area contributed by atoms with E-state index in [1.807, 2.05) is 5.38 Å². The van der Waals surface area contributed by atoms with Gasteiger partial charge in [0.05, 0.1) is 0 Å². The molecule has 0 fully saturated rings. The number of rotatable bonds is 2. The van der Waals surface area contributed by atoms with E-state index < -0.39 is 6.04 Å². The Balaban J connectivity index is 1.82. The van der Waals surface area contributed by atoms with Crippen LogP contribution < -0.4 is 5.32 Å². The van der Waals surface area contributed by atoms with Gasteiger partial charge in [-0.05, 0) is 30.5 Å². The van der Waals surface area contributed by atoms with Crippen LogP contribution in [-0.4, -0.2) is 16.6 Å². The van der Waals surface area contributed by atoms with Gasteiger partial charge in [0, 0.05) is 29.3 Å². The minimum atomic E-state index is -0.390. The fraction of sp³-hybridized carbons (Fsp3) is 0.235. The molecule has 1 unspecified atom stereocenters. The molecule has 1 aliphatic carbocycles. The first-order valence-corrected chi connectivity index (χ1v) is 8.37. The lowest BCUT2D eigenvalue weighted by Gasteiger charge is -2.30. The van der Waals surface area contributed by atoms with E-state index in [0.717, 1.165) is 29.1 Å². The third-order valence-electron chi connectivity index (χ3n) is 4.08. The molecule has 23 heavy (non-hydrogen) atoms. The number of aliphatic imine (C=N–C) groups is 1. The van der Waals surface area contributed by atoms with Gasteiger partial charge in [-0.3, -0.25) is 9.79 Å². The van der Waals surface area contributed by atoms with E-state index in [9.17, 15) is 9.18 Å². The van der Waals surface area contributed by atoms with Gasteiger partial charge in [0.1, 0.15) is 11.9 Å². The summed E-state index contributed by atoms with van der Waals surface area (Å²) < 4.78 is 13.2. The van der Waals surface area contributed by atoms with Gasteiger partial charge in [-0.1, -0.05) is 12.1 Å². The number of hydrogen-bond acceptors (Lipinski definition) is 5. The Morgan fingerprint density at radius 2 is 2.04 bits per heavy atom. The Bertz CT molecular complexity index is 809. The van der Waals surface area contributed by atoms with Crippen LogP contribution in [0, 0.1) is 5.82 Å². The number of carbonyl (C=O) groups excluding carboxylic acids is 1. The van der Waals surface area contributed by atoms with Crippen molar-refractivity contribution in [3.63, 3.8) is 0 Å². The molecule has 1 atom stereocenters. The summed E-state index contributed by atoms with van der Waals surface area (Å²) >= 11 is 1.50. The summed E-state index contributed by atoms with van der Waals surface area (Å²) in [5.41, 5.74) is 2.46. The summed E-state index contributed by atoms with van der Waals surface area (Å²) in [6.45, 7) is 0. The third-order valence-corrected chi connectivity index (χ3v) is 4.86. The zero-order valence-corrected chi connectivity index (χ0v) is 13.1. The minimum absolute atomic E-state index is 0.120. The van der Waals surface area contributed by atoms with Gasteiger partial charge < -0.3 is 5.32 Å². The third kappa shape index (κ3) is 2.59. The predicted octanol–water partition coefficient (Wildman–Crippen LogP) is 3.38. The number of ketones is 1. The molecule has 0 saturated carbocycles. The van der Waals surface area contributed by atoms with E-state index in [4.69, 9.17) is 4.99 Å². The Hall–Kier alpha value is -2.34. The van der Waals surface area contributed by atoms with Gasteiger partial charge >= 0.3 is 0 Å². The molecular weight excluding hydrogens is 313 g/mol. The highest BCUT2D eigenvalue weighted by Crippen LogP contribution is 2.37. The van der Waals surface area contributed by atoms with Crippen molar-refractivity contribution >= 4 is 23.0 Å². The summed E-state index contributed by atoms with van der Waals surface area (Å²) in [5, 5.41) is 5.97. The van der Waals surface area contributed by atoms with Crippen molar-refractivity contribution in [2.45, 2.75) is 25.3 Å². The lowest BCUT2D eigenvalue weighted by atomic mass is 9.86. The SMILES string of the molecule is O=C1CCCC2=C1C(c1ccc(F)cc1)N=C(c1nccs1)N2. The predicted molar refractivity (Wildman–Crippen MR) is 86.8 cm³/mol. The van der Waals surface area contributed by atoms with Crippen molar-refractivity contribution in [1.82, 2.24) is 10.3 Å². The molecule has 0 radical (unpaired) electrons. The standard InChI is InChI=1S/C17H14FN3OS/c18-11-6-4-10(5-7-11)15-14-12(2-1-3-13(14)22)20-16(21-15)17-19-8-9-23-17/h4-9,15H,1-3H2,(H,20,21). The molecule has 0 saturated heterocycles. The van der Waals surface area contributed by atoms with E-state index in [0.29, 0.717) is 17.8 Å². The molecular formula is C17H14FN3OS. The Morgan fingerprint density at radius 1 is 1.22 bits per heavy atom. The molecule has 2 aromatic rings. The number of Topliss-reactive ketones (excluding diaryl/α,β-unsaturated/α-hetero) is 1. The van der Waals surface area contributed by atoms with Crippen LogP contribution in [-0.2, 0) is 4.79 Å². The fourth-order valence-electron chi connectivity index (χ4n) is 3.01. The lowest BCUT2D eigenvalue weighted by Crippen LogP contribution is -2.35. The highest BCUT2D eigenvalue weighted by atomic mass is 32.1. The topological polar surface area (TPSA) is 54.4 Å². The maximum absolute atomic E-state index is 13.2. The second kappa shape index (κ2) is 5.70. The molecule has 1 aliphatic heterocycles. The van der Waals surface area contributed by atoms with Crippen molar-refractivity contribution in [2.75, 3.05) is 0 Å². The molecule has 0 spiro atoms. The van der Waals surface area contributed by atoms with Gasteiger partial charge in [-0.15, -0.1) is 11.3 Å². The van der Waals surface area contributed by atoms with Gasteiger partial charge in [-0.25, -0.2) is 9.37 Å². The molecule has 1 aromatic heterocycles. The van der Waals surface area contributed by atoms with Gasteiger partial charge in [0.2, 0.25) is 0 Å². The molecule has 0 bridgehead atoms. The Kier molecular flexibility index (Phi) is 3.53. The number of nitrogens with zero attached hydrogens (tertiary/aromatic N) is 2. The summed E-state index contributed by atoms with van der Waals surface area (Å²) in [7, 11) is 0. The van der Waals surface area contributed by atoms with Crippen LogP contribution in [0.25, 0.3) is 0 Å². The smallest absolute Gasteiger partial charge is 0.163 e. The number of allylic oxidation sites excluding steroid dienone is 1. The minimum Gasteiger partial charge on any atom is -0.341 e. The summed E-state index contributed by atoms with van der Waals surface area (Å²) in [6.07, 6.45) is 3.93. The monoisotopic (exact) mass is 327 g/mol. The first-order chi connectivity index (χ1) is 11.2. The van der Waals surface area contributed by atoms with E-state index in [-0.39, 0.29) is 11.6 Å². The van der Waals surface area contributed by atoms with Gasteiger partial charge in [0.15, 0.2) is 16.6 Å². The number of carbonyl (C=O) groups is 1. The highest BCUT2D eigenvalue weighted by Gasteiger charge is 2.33. The van der Waals surface area contributed by atoms with Crippen molar-refractivity contribution in [2.24, 2.45) is 4.99 Å². The first kappa shape index (κ1) is 14.3. The van der Waals surface area contributed by atoms with Crippen molar-refractivity contribution in [3.05, 3.63) is 63.5 Å². The molecule has 1 aromatic carbocycles. The maximum atomic E-state index is 13.2. The average Bonchev–Trinajstić information content (AvgIpc) is 3.09. The molecule has 4 rings (SSSR count). The normalized spacial score (nSPS) is 20.8. The summed E-state index contributed by atoms with van der Waals surface area (Å²) in [5.74, 6) is 0.508. The molecule has 116 valence electrons. The molecule has 0 amide bonds. The van der Waals surface area contributed by atoms with Crippen LogP contribution >= 0.6 is 11.3 Å². The Labute approximate surface area is 136 Å². The van der Waals surface area contributed by atoms with Crippen molar-refractivity contribution in [1.29, 1.82) is 0 Å². The first-order valence-electron chi connectivity index (χ1n) is 7.49. The van der Waals surface area contributed by atoms with Gasteiger partial charge in [0.25, 0.3) is 0 Å². The second-order valence-corrected chi connectivity index (χ2v) is 6.46. The van der Waals surface area contributed by atoms with Crippen molar-refractivity contribution < 1.29 is 9.18 Å². The van der Waals surface area contributed by atoms with Crippen LogP contribution in [0.3, 0.4) is 0 Å². The van der Waals surface area contributed by atoms with Gasteiger partial charge in [-0.2, -0.15) is 0 Å². The average molecular weight is 327 g/mol. The zero-order chi connectivity index (χ0) is 15.8. The molecule has 6 heteroatoms. The van der Waals surface area contributed by atoms with E-state index >= 15 is 0 Å². The quantitative estimate of drug-likeness (QED) is 0.920.